The second-order valence-electron chi connectivity index (χ2n) is 6.15. The second kappa shape index (κ2) is 7.03. The van der Waals surface area contributed by atoms with Crippen molar-refractivity contribution >= 4 is 17.4 Å². The molecule has 0 aliphatic carbocycles. The first-order valence-corrected chi connectivity index (χ1v) is 8.42. The van der Waals surface area contributed by atoms with Crippen LogP contribution in [0.3, 0.4) is 0 Å². The van der Waals surface area contributed by atoms with Gasteiger partial charge in [0, 0.05) is 24.0 Å². The van der Waals surface area contributed by atoms with E-state index in [1.807, 2.05) is 13.8 Å². The first kappa shape index (κ1) is 14.7. The number of benzene rings is 1. The van der Waals surface area contributed by atoms with E-state index < -0.39 is 6.56 Å². The van der Waals surface area contributed by atoms with Crippen LogP contribution < -0.4 is 4.74 Å². The molecule has 3 heterocycles. The van der Waals surface area contributed by atoms with Gasteiger partial charge in [0.05, 0.1) is 14.1 Å². The van der Waals surface area contributed by atoms with E-state index in [0.29, 0.717) is 23.2 Å². The Morgan fingerprint density at radius 1 is 1.26 bits per heavy atom. The monoisotopic (exact) mass is 364 g/mol. The topological polar surface area (TPSA) is 83.0 Å². The summed E-state index contributed by atoms with van der Waals surface area (Å²) < 4.78 is 29.9. The summed E-state index contributed by atoms with van der Waals surface area (Å²) in [7, 11) is 0. The van der Waals surface area contributed by atoms with Crippen LogP contribution in [0.25, 0.3) is 22.5 Å². The van der Waals surface area contributed by atoms with Crippen LogP contribution in [0.4, 0.5) is 0 Å². The minimum atomic E-state index is -2.28. The van der Waals surface area contributed by atoms with Gasteiger partial charge in [0.1, 0.15) is 23.4 Å². The minimum absolute atomic E-state index is 0.0569. The summed E-state index contributed by atoms with van der Waals surface area (Å²) in [5, 5.41) is 4.30. The van der Waals surface area contributed by atoms with E-state index in [4.69, 9.17) is 11.9 Å². The predicted molar refractivity (Wildman–Crippen MR) is 99.6 cm³/mol. The Balaban J connectivity index is 1.79. The largest absolute Gasteiger partial charge is 0.488 e. The number of ether oxygens (including phenoxy) is 1. The van der Waals surface area contributed by atoms with E-state index in [0.717, 1.165) is 0 Å². The molecule has 0 fully saturated rings. The van der Waals surface area contributed by atoms with Crippen molar-refractivity contribution in [3.05, 3.63) is 60.2 Å². The number of aromatic nitrogens is 4. The standard InChI is InChI=1S/C20H18N4O3/c1-13(2)24-17(7-9-23-24)19-14(4-3-8-21-19)11-26-18-6-5-16-20(15(18)10-25)27-12-22-16/h3-10,12-13H,11H2,1-2H3/i11D2. The van der Waals surface area contributed by atoms with Gasteiger partial charge in [-0.25, -0.2) is 4.98 Å². The molecule has 0 spiro atoms. The summed E-state index contributed by atoms with van der Waals surface area (Å²) in [5.74, 6) is 0.0569. The van der Waals surface area contributed by atoms with Gasteiger partial charge in [0.25, 0.3) is 0 Å². The fourth-order valence-electron chi connectivity index (χ4n) is 2.85. The average Bonchev–Trinajstić information content (AvgIpc) is 3.37. The number of hydrogen-bond donors (Lipinski definition) is 0. The van der Waals surface area contributed by atoms with Gasteiger partial charge in [0.15, 0.2) is 18.3 Å². The van der Waals surface area contributed by atoms with Gasteiger partial charge in [-0.2, -0.15) is 5.10 Å². The average molecular weight is 364 g/mol. The van der Waals surface area contributed by atoms with Crippen molar-refractivity contribution in [3.63, 3.8) is 0 Å². The van der Waals surface area contributed by atoms with Crippen molar-refractivity contribution < 1.29 is 16.7 Å². The highest BCUT2D eigenvalue weighted by atomic mass is 16.5. The summed E-state index contributed by atoms with van der Waals surface area (Å²) in [4.78, 5) is 20.0. The molecule has 4 rings (SSSR count). The molecule has 4 aromatic rings. The maximum Gasteiger partial charge on any atom is 0.182 e. The summed E-state index contributed by atoms with van der Waals surface area (Å²) >= 11 is 0. The van der Waals surface area contributed by atoms with Gasteiger partial charge in [-0.3, -0.25) is 14.5 Å². The van der Waals surface area contributed by atoms with Crippen LogP contribution >= 0.6 is 0 Å². The van der Waals surface area contributed by atoms with Crippen molar-refractivity contribution in [1.82, 2.24) is 19.7 Å². The van der Waals surface area contributed by atoms with Gasteiger partial charge in [-0.15, -0.1) is 0 Å². The number of carbonyl (C=O) groups excluding carboxylic acids is 1. The van der Waals surface area contributed by atoms with E-state index in [2.05, 4.69) is 15.1 Å². The Morgan fingerprint density at radius 2 is 2.15 bits per heavy atom. The lowest BCUT2D eigenvalue weighted by molar-refractivity contribution is 0.111. The second-order valence-corrected chi connectivity index (χ2v) is 6.15. The maximum absolute atomic E-state index is 11.6. The molecule has 1 aromatic carbocycles. The Morgan fingerprint density at radius 3 is 2.96 bits per heavy atom. The molecular formula is C20H18N4O3. The fraction of sp³-hybridized carbons (Fsp3) is 0.200. The molecule has 0 radical (unpaired) electrons. The summed E-state index contributed by atoms with van der Waals surface area (Å²) in [6.45, 7) is 1.68. The number of carbonyl (C=O) groups is 1. The third kappa shape index (κ3) is 3.08. The number of aldehydes is 1. The van der Waals surface area contributed by atoms with Crippen molar-refractivity contribution in [2.24, 2.45) is 0 Å². The van der Waals surface area contributed by atoms with Crippen LogP contribution in [0.1, 0.15) is 38.6 Å². The normalized spacial score (nSPS) is 12.9. The molecule has 27 heavy (non-hydrogen) atoms. The van der Waals surface area contributed by atoms with Crippen molar-refractivity contribution in [2.75, 3.05) is 0 Å². The van der Waals surface area contributed by atoms with Crippen molar-refractivity contribution in [2.45, 2.75) is 26.4 Å². The summed E-state index contributed by atoms with van der Waals surface area (Å²) in [6.07, 6.45) is 5.02. The first-order chi connectivity index (χ1) is 13.9. The molecule has 0 saturated carbocycles. The third-order valence-electron chi connectivity index (χ3n) is 4.10. The SMILES string of the molecule is [2H]C([2H])(Oc1ccc2ncoc2c1C=O)c1cccnc1-c1ccnn1C(C)C. The number of pyridine rings is 1. The zero-order valence-corrected chi connectivity index (χ0v) is 14.8. The molecule has 0 aliphatic rings. The lowest BCUT2D eigenvalue weighted by Crippen LogP contribution is -2.08. The lowest BCUT2D eigenvalue weighted by atomic mass is 10.1. The van der Waals surface area contributed by atoms with E-state index >= 15 is 0 Å². The van der Waals surface area contributed by atoms with Crippen molar-refractivity contribution in [3.8, 4) is 17.1 Å². The number of fused-ring (bicyclic) bond motifs is 1. The van der Waals surface area contributed by atoms with Gasteiger partial charge in [0.2, 0.25) is 0 Å². The van der Waals surface area contributed by atoms with E-state index in [9.17, 15) is 4.79 Å². The Hall–Kier alpha value is -3.48. The highest BCUT2D eigenvalue weighted by Gasteiger charge is 2.16. The van der Waals surface area contributed by atoms with Crippen LogP contribution in [0.15, 0.2) is 53.5 Å². The van der Waals surface area contributed by atoms with Crippen LogP contribution in [0, 0.1) is 0 Å². The molecule has 7 heteroatoms. The van der Waals surface area contributed by atoms with E-state index in [1.54, 1.807) is 41.3 Å². The first-order valence-electron chi connectivity index (χ1n) is 9.42. The minimum Gasteiger partial charge on any atom is -0.488 e. The van der Waals surface area contributed by atoms with Crippen molar-refractivity contribution in [1.29, 1.82) is 0 Å². The van der Waals surface area contributed by atoms with E-state index in [-0.39, 0.29) is 28.5 Å². The van der Waals surface area contributed by atoms with Crippen LogP contribution in [-0.2, 0) is 6.56 Å². The number of rotatable bonds is 6. The summed E-state index contributed by atoms with van der Waals surface area (Å²) in [5.41, 5.74) is 2.14. The Kier molecular flexibility index (Phi) is 3.82. The van der Waals surface area contributed by atoms with Crippen LogP contribution in [0.5, 0.6) is 5.75 Å². The van der Waals surface area contributed by atoms with Crippen LogP contribution in [0.2, 0.25) is 0 Å². The third-order valence-corrected chi connectivity index (χ3v) is 4.10. The predicted octanol–water partition coefficient (Wildman–Crippen LogP) is 4.06. The molecule has 0 unspecified atom stereocenters. The smallest absolute Gasteiger partial charge is 0.182 e. The quantitative estimate of drug-likeness (QED) is 0.480. The van der Waals surface area contributed by atoms with E-state index in [1.165, 1.54) is 12.5 Å². The Labute approximate surface area is 158 Å². The molecule has 7 nitrogen and oxygen atoms in total. The molecule has 3 aromatic heterocycles. The zero-order chi connectivity index (χ0) is 20.6. The number of oxazole rings is 1. The number of nitrogens with zero attached hydrogens (tertiary/aromatic N) is 4. The molecule has 0 aliphatic heterocycles. The molecule has 0 bridgehead atoms. The highest BCUT2D eigenvalue weighted by Crippen LogP contribution is 2.28. The zero-order valence-electron chi connectivity index (χ0n) is 16.8. The Bertz CT molecular complexity index is 1180. The van der Waals surface area contributed by atoms with Gasteiger partial charge in [-0.05, 0) is 38.1 Å². The summed E-state index contributed by atoms with van der Waals surface area (Å²) in [6, 6.07) is 8.19. The van der Waals surface area contributed by atoms with Gasteiger partial charge >= 0.3 is 0 Å². The highest BCUT2D eigenvalue weighted by molar-refractivity contribution is 5.96. The lowest BCUT2D eigenvalue weighted by Gasteiger charge is -2.14. The van der Waals surface area contributed by atoms with Gasteiger partial charge < -0.3 is 9.15 Å². The van der Waals surface area contributed by atoms with Crippen LogP contribution in [-0.4, -0.2) is 26.0 Å². The maximum atomic E-state index is 11.6. The molecule has 0 saturated heterocycles. The van der Waals surface area contributed by atoms with Gasteiger partial charge in [-0.1, -0.05) is 6.07 Å². The molecular weight excluding hydrogens is 344 g/mol. The molecule has 0 amide bonds. The number of hydrogen-bond acceptors (Lipinski definition) is 6. The molecule has 136 valence electrons. The molecule has 0 atom stereocenters. The fourth-order valence-corrected chi connectivity index (χ4v) is 2.85. The molecule has 0 N–H and O–H groups in total.